The molecule has 0 heterocycles. The number of phenolic OH excluding ortho intramolecular Hbond substituents is 1. The second-order valence-electron chi connectivity index (χ2n) is 5.12. The van der Waals surface area contributed by atoms with Crippen molar-refractivity contribution in [1.29, 1.82) is 0 Å². The Balaban J connectivity index is 2.75. The van der Waals surface area contributed by atoms with Gasteiger partial charge >= 0.3 is 0 Å². The summed E-state index contributed by atoms with van der Waals surface area (Å²) in [6.07, 6.45) is 1.17. The van der Waals surface area contributed by atoms with Gasteiger partial charge < -0.3 is 10.4 Å². The molecule has 0 saturated heterocycles. The van der Waals surface area contributed by atoms with Crippen LogP contribution in [0.25, 0.3) is 0 Å². The number of hydrogen-bond donors (Lipinski definition) is 2. The lowest BCUT2D eigenvalue weighted by molar-refractivity contribution is 0.354. The predicted octanol–water partition coefficient (Wildman–Crippen LogP) is 3.79. The van der Waals surface area contributed by atoms with Gasteiger partial charge in [0.05, 0.1) is 0 Å². The summed E-state index contributed by atoms with van der Waals surface area (Å²) < 4.78 is 0. The monoisotopic (exact) mass is 235 g/mol. The van der Waals surface area contributed by atoms with E-state index in [0.29, 0.717) is 17.7 Å². The van der Waals surface area contributed by atoms with Crippen molar-refractivity contribution in [2.45, 2.75) is 53.1 Å². The topological polar surface area (TPSA) is 32.3 Å². The van der Waals surface area contributed by atoms with Crippen LogP contribution in [-0.4, -0.2) is 11.1 Å². The fraction of sp³-hybridized carbons (Fsp3) is 0.600. The predicted molar refractivity (Wildman–Crippen MR) is 73.3 cm³/mol. The first-order valence-electron chi connectivity index (χ1n) is 6.51. The SMILES string of the molecule is CCC(C)C(C)NC(C)c1cc(C)ccc1O. The fourth-order valence-electron chi connectivity index (χ4n) is 2.02. The van der Waals surface area contributed by atoms with E-state index >= 15 is 0 Å². The normalized spacial score (nSPS) is 16.5. The summed E-state index contributed by atoms with van der Waals surface area (Å²) in [5.74, 6) is 1.02. The lowest BCUT2D eigenvalue weighted by Gasteiger charge is -2.25. The molecule has 3 unspecified atom stereocenters. The van der Waals surface area contributed by atoms with Crippen LogP contribution in [-0.2, 0) is 0 Å². The van der Waals surface area contributed by atoms with Crippen molar-refractivity contribution >= 4 is 0 Å². The van der Waals surface area contributed by atoms with Gasteiger partial charge in [-0.15, -0.1) is 0 Å². The van der Waals surface area contributed by atoms with Crippen molar-refractivity contribution < 1.29 is 5.11 Å². The van der Waals surface area contributed by atoms with Gasteiger partial charge in [-0.25, -0.2) is 0 Å². The molecule has 2 heteroatoms. The highest BCUT2D eigenvalue weighted by molar-refractivity contribution is 5.37. The first kappa shape index (κ1) is 14.0. The zero-order chi connectivity index (χ0) is 13.0. The van der Waals surface area contributed by atoms with Crippen LogP contribution in [0.4, 0.5) is 0 Å². The molecule has 0 radical (unpaired) electrons. The van der Waals surface area contributed by atoms with Gasteiger partial charge in [0.15, 0.2) is 0 Å². The van der Waals surface area contributed by atoms with Gasteiger partial charge in [-0.3, -0.25) is 0 Å². The minimum absolute atomic E-state index is 0.180. The Morgan fingerprint density at radius 3 is 2.47 bits per heavy atom. The van der Waals surface area contributed by atoms with Gasteiger partial charge in [-0.1, -0.05) is 38.0 Å². The van der Waals surface area contributed by atoms with Crippen LogP contribution in [0, 0.1) is 12.8 Å². The molecule has 0 aliphatic carbocycles. The average molecular weight is 235 g/mol. The highest BCUT2D eigenvalue weighted by atomic mass is 16.3. The third-order valence-corrected chi connectivity index (χ3v) is 3.66. The molecule has 1 aromatic rings. The molecule has 0 aromatic heterocycles. The van der Waals surface area contributed by atoms with E-state index in [9.17, 15) is 5.11 Å². The molecule has 0 bridgehead atoms. The molecular weight excluding hydrogens is 210 g/mol. The Kier molecular flexibility index (Phi) is 5.01. The van der Waals surface area contributed by atoms with Gasteiger partial charge in [0.25, 0.3) is 0 Å². The van der Waals surface area contributed by atoms with E-state index in [-0.39, 0.29) is 6.04 Å². The Morgan fingerprint density at radius 2 is 1.88 bits per heavy atom. The number of aryl methyl sites for hydroxylation is 1. The average Bonchev–Trinajstić information content (AvgIpc) is 2.30. The van der Waals surface area contributed by atoms with E-state index in [1.165, 1.54) is 12.0 Å². The number of rotatable bonds is 5. The molecule has 96 valence electrons. The first-order valence-corrected chi connectivity index (χ1v) is 6.51. The van der Waals surface area contributed by atoms with Crippen molar-refractivity contribution in [3.63, 3.8) is 0 Å². The summed E-state index contributed by atoms with van der Waals surface area (Å²) in [7, 11) is 0. The molecule has 0 spiro atoms. The maximum Gasteiger partial charge on any atom is 0.120 e. The molecule has 0 aliphatic heterocycles. The molecule has 0 fully saturated rings. The number of aromatic hydroxyl groups is 1. The lowest BCUT2D eigenvalue weighted by atomic mass is 9.98. The molecule has 3 atom stereocenters. The van der Waals surface area contributed by atoms with Crippen molar-refractivity contribution in [1.82, 2.24) is 5.32 Å². The quantitative estimate of drug-likeness (QED) is 0.814. The van der Waals surface area contributed by atoms with Crippen LogP contribution in [0.3, 0.4) is 0 Å². The summed E-state index contributed by atoms with van der Waals surface area (Å²) >= 11 is 0. The lowest BCUT2D eigenvalue weighted by Crippen LogP contribution is -2.34. The largest absolute Gasteiger partial charge is 0.508 e. The zero-order valence-electron chi connectivity index (χ0n) is 11.6. The number of benzene rings is 1. The Labute approximate surface area is 105 Å². The Hall–Kier alpha value is -1.02. The van der Waals surface area contributed by atoms with Crippen molar-refractivity contribution in [3.8, 4) is 5.75 Å². The summed E-state index contributed by atoms with van der Waals surface area (Å²) in [4.78, 5) is 0. The van der Waals surface area contributed by atoms with E-state index in [0.717, 1.165) is 5.56 Å². The minimum atomic E-state index is 0.180. The highest BCUT2D eigenvalue weighted by Crippen LogP contribution is 2.26. The van der Waals surface area contributed by atoms with Crippen LogP contribution in [0.1, 0.15) is 51.3 Å². The summed E-state index contributed by atoms with van der Waals surface area (Å²) in [6, 6.07) is 6.39. The number of hydrogen-bond acceptors (Lipinski definition) is 2. The number of nitrogens with one attached hydrogen (secondary N) is 1. The van der Waals surface area contributed by atoms with Gasteiger partial charge in [-0.2, -0.15) is 0 Å². The smallest absolute Gasteiger partial charge is 0.120 e. The van der Waals surface area contributed by atoms with Crippen molar-refractivity contribution in [2.24, 2.45) is 5.92 Å². The molecule has 0 aliphatic rings. The second kappa shape index (κ2) is 6.06. The van der Waals surface area contributed by atoms with E-state index < -0.39 is 0 Å². The zero-order valence-corrected chi connectivity index (χ0v) is 11.6. The Morgan fingerprint density at radius 1 is 1.24 bits per heavy atom. The third-order valence-electron chi connectivity index (χ3n) is 3.66. The summed E-state index contributed by atoms with van der Waals surface area (Å²) in [5.41, 5.74) is 2.17. The van der Waals surface area contributed by atoms with E-state index in [2.05, 4.69) is 39.1 Å². The summed E-state index contributed by atoms with van der Waals surface area (Å²) in [5, 5.41) is 13.4. The van der Waals surface area contributed by atoms with Crippen LogP contribution < -0.4 is 5.32 Å². The molecular formula is C15H25NO. The molecule has 0 amide bonds. The van der Waals surface area contributed by atoms with Gasteiger partial charge in [0.2, 0.25) is 0 Å². The molecule has 2 N–H and O–H groups in total. The van der Waals surface area contributed by atoms with Gasteiger partial charge in [0, 0.05) is 17.6 Å². The third kappa shape index (κ3) is 3.74. The van der Waals surface area contributed by atoms with E-state index in [1.54, 1.807) is 6.07 Å². The molecule has 1 rings (SSSR count). The minimum Gasteiger partial charge on any atom is -0.508 e. The molecule has 1 aromatic carbocycles. The van der Waals surface area contributed by atoms with Crippen LogP contribution >= 0.6 is 0 Å². The maximum atomic E-state index is 9.87. The fourth-order valence-corrected chi connectivity index (χ4v) is 2.02. The second-order valence-corrected chi connectivity index (χ2v) is 5.12. The van der Waals surface area contributed by atoms with E-state index in [4.69, 9.17) is 0 Å². The van der Waals surface area contributed by atoms with Crippen LogP contribution in [0.5, 0.6) is 5.75 Å². The van der Waals surface area contributed by atoms with Gasteiger partial charge in [-0.05, 0) is 32.8 Å². The summed E-state index contributed by atoms with van der Waals surface area (Å²) in [6.45, 7) is 10.8. The standard InChI is InChI=1S/C15H25NO/c1-6-11(3)12(4)16-13(5)14-9-10(2)7-8-15(14)17/h7-9,11-13,16-17H,6H2,1-5H3. The highest BCUT2D eigenvalue weighted by Gasteiger charge is 2.16. The van der Waals surface area contributed by atoms with E-state index in [1.807, 2.05) is 13.0 Å². The van der Waals surface area contributed by atoms with Crippen molar-refractivity contribution in [3.05, 3.63) is 29.3 Å². The maximum absolute atomic E-state index is 9.87. The van der Waals surface area contributed by atoms with Crippen LogP contribution in [0.2, 0.25) is 0 Å². The molecule has 2 nitrogen and oxygen atoms in total. The molecule has 17 heavy (non-hydrogen) atoms. The first-order chi connectivity index (χ1) is 7.95. The molecule has 0 saturated carbocycles. The Bertz CT molecular complexity index is 362. The van der Waals surface area contributed by atoms with Gasteiger partial charge in [0.1, 0.15) is 5.75 Å². The van der Waals surface area contributed by atoms with Crippen LogP contribution in [0.15, 0.2) is 18.2 Å². The van der Waals surface area contributed by atoms with Crippen molar-refractivity contribution in [2.75, 3.05) is 0 Å². The number of phenols is 1.